The van der Waals surface area contributed by atoms with E-state index in [0.29, 0.717) is 10.2 Å². The third-order valence-corrected chi connectivity index (χ3v) is 2.02. The first-order valence-corrected chi connectivity index (χ1v) is 4.35. The summed E-state index contributed by atoms with van der Waals surface area (Å²) >= 11 is 3.11. The highest BCUT2D eigenvalue weighted by Gasteiger charge is 2.05. The minimum absolute atomic E-state index is 0.0193. The van der Waals surface area contributed by atoms with Crippen molar-refractivity contribution in [2.45, 2.75) is 6.92 Å². The van der Waals surface area contributed by atoms with Gasteiger partial charge in [0.1, 0.15) is 0 Å². The van der Waals surface area contributed by atoms with E-state index in [1.165, 1.54) is 13.0 Å². The average Bonchev–Trinajstić information content (AvgIpc) is 1.98. The van der Waals surface area contributed by atoms with Crippen molar-refractivity contribution in [3.05, 3.63) is 16.6 Å². The standard InChI is InChI=1S/C8H9BrN2O2/c1-4(12)11-5-2-6(9)8(13)7(10)3-5/h2-3,13H,10H2,1H3,(H,11,12). The number of nitrogens with two attached hydrogens (primary N) is 1. The summed E-state index contributed by atoms with van der Waals surface area (Å²) in [6.07, 6.45) is 0. The summed E-state index contributed by atoms with van der Waals surface area (Å²) in [7, 11) is 0. The molecule has 0 spiro atoms. The van der Waals surface area contributed by atoms with Crippen LogP contribution in [-0.2, 0) is 4.79 Å². The molecule has 0 aromatic heterocycles. The number of carbonyl (C=O) groups excluding carboxylic acids is 1. The molecule has 70 valence electrons. The molecule has 5 heteroatoms. The molecule has 0 aliphatic heterocycles. The van der Waals surface area contributed by atoms with E-state index >= 15 is 0 Å². The molecule has 4 nitrogen and oxygen atoms in total. The van der Waals surface area contributed by atoms with Gasteiger partial charge in [0, 0.05) is 12.6 Å². The Hall–Kier alpha value is -1.23. The lowest BCUT2D eigenvalue weighted by molar-refractivity contribution is -0.114. The monoisotopic (exact) mass is 244 g/mol. The highest BCUT2D eigenvalue weighted by atomic mass is 79.9. The van der Waals surface area contributed by atoms with Crippen molar-refractivity contribution >= 4 is 33.2 Å². The topological polar surface area (TPSA) is 75.4 Å². The van der Waals surface area contributed by atoms with E-state index in [0.717, 1.165) is 0 Å². The van der Waals surface area contributed by atoms with E-state index in [9.17, 15) is 9.90 Å². The van der Waals surface area contributed by atoms with Gasteiger partial charge in [-0.2, -0.15) is 0 Å². The fourth-order valence-electron chi connectivity index (χ4n) is 0.896. The van der Waals surface area contributed by atoms with Crippen LogP contribution in [0.2, 0.25) is 0 Å². The molecule has 0 saturated heterocycles. The predicted molar refractivity (Wildman–Crippen MR) is 54.5 cm³/mol. The number of carbonyl (C=O) groups is 1. The van der Waals surface area contributed by atoms with Gasteiger partial charge in [0.2, 0.25) is 5.91 Å². The highest BCUT2D eigenvalue weighted by molar-refractivity contribution is 9.10. The van der Waals surface area contributed by atoms with E-state index < -0.39 is 0 Å². The number of anilines is 2. The molecule has 13 heavy (non-hydrogen) atoms. The maximum atomic E-state index is 10.7. The second-order valence-corrected chi connectivity index (χ2v) is 3.43. The number of aromatic hydroxyl groups is 1. The summed E-state index contributed by atoms with van der Waals surface area (Å²) < 4.78 is 0.455. The van der Waals surface area contributed by atoms with Gasteiger partial charge in [0.05, 0.1) is 10.2 Å². The Kier molecular flexibility index (Phi) is 2.77. The van der Waals surface area contributed by atoms with Gasteiger partial charge in [0.15, 0.2) is 5.75 Å². The van der Waals surface area contributed by atoms with Crippen molar-refractivity contribution in [1.29, 1.82) is 0 Å². The minimum Gasteiger partial charge on any atom is -0.505 e. The number of nitrogen functional groups attached to an aromatic ring is 1. The van der Waals surface area contributed by atoms with Gasteiger partial charge in [-0.3, -0.25) is 4.79 Å². The van der Waals surface area contributed by atoms with Gasteiger partial charge < -0.3 is 16.2 Å². The Bertz CT molecular complexity index is 329. The molecule has 0 radical (unpaired) electrons. The Morgan fingerprint density at radius 3 is 2.69 bits per heavy atom. The van der Waals surface area contributed by atoms with Gasteiger partial charge in [0.25, 0.3) is 0 Å². The molecule has 1 rings (SSSR count). The molecular weight excluding hydrogens is 236 g/mol. The SMILES string of the molecule is CC(=O)Nc1cc(N)c(O)c(Br)c1. The molecule has 1 aromatic carbocycles. The maximum Gasteiger partial charge on any atom is 0.221 e. The van der Waals surface area contributed by atoms with Crippen LogP contribution in [0.5, 0.6) is 5.75 Å². The number of hydrogen-bond acceptors (Lipinski definition) is 3. The Labute approximate surface area is 83.9 Å². The molecule has 1 aromatic rings. The van der Waals surface area contributed by atoms with Gasteiger partial charge in [-0.15, -0.1) is 0 Å². The van der Waals surface area contributed by atoms with Crippen molar-refractivity contribution in [3.8, 4) is 5.75 Å². The van der Waals surface area contributed by atoms with E-state index in [1.807, 2.05) is 0 Å². The summed E-state index contributed by atoms with van der Waals surface area (Å²) in [5, 5.41) is 11.8. The van der Waals surface area contributed by atoms with Gasteiger partial charge in [-0.25, -0.2) is 0 Å². The third-order valence-electron chi connectivity index (χ3n) is 1.41. The zero-order chi connectivity index (χ0) is 10.0. The van der Waals surface area contributed by atoms with Crippen LogP contribution in [0, 0.1) is 0 Å². The molecule has 0 aliphatic rings. The van der Waals surface area contributed by atoms with E-state index in [4.69, 9.17) is 5.73 Å². The molecule has 1 amide bonds. The highest BCUT2D eigenvalue weighted by Crippen LogP contribution is 2.33. The first-order valence-electron chi connectivity index (χ1n) is 3.56. The minimum atomic E-state index is -0.183. The molecule has 0 heterocycles. The number of benzene rings is 1. The summed E-state index contributed by atoms with van der Waals surface area (Å²) in [5.74, 6) is -0.203. The predicted octanol–water partition coefficient (Wildman–Crippen LogP) is 1.70. The van der Waals surface area contributed by atoms with Crippen molar-refractivity contribution in [2.75, 3.05) is 11.1 Å². The zero-order valence-corrected chi connectivity index (χ0v) is 8.55. The smallest absolute Gasteiger partial charge is 0.221 e. The number of amides is 1. The van der Waals surface area contributed by atoms with E-state index in [-0.39, 0.29) is 17.3 Å². The van der Waals surface area contributed by atoms with Crippen molar-refractivity contribution in [3.63, 3.8) is 0 Å². The molecular formula is C8H9BrN2O2. The number of rotatable bonds is 1. The molecule has 0 aliphatic carbocycles. The Morgan fingerprint density at radius 2 is 2.23 bits per heavy atom. The Balaban J connectivity index is 3.06. The van der Waals surface area contributed by atoms with Crippen molar-refractivity contribution in [1.82, 2.24) is 0 Å². The number of phenols is 1. The molecule has 0 saturated carbocycles. The summed E-state index contributed by atoms with van der Waals surface area (Å²) in [6.45, 7) is 1.40. The van der Waals surface area contributed by atoms with Gasteiger partial charge in [-0.1, -0.05) is 0 Å². The lowest BCUT2D eigenvalue weighted by Crippen LogP contribution is -2.06. The van der Waals surface area contributed by atoms with Crippen LogP contribution in [-0.4, -0.2) is 11.0 Å². The molecule has 0 fully saturated rings. The summed E-state index contributed by atoms with van der Waals surface area (Å²) in [5.41, 5.74) is 6.24. The van der Waals surface area contributed by atoms with Crippen molar-refractivity contribution in [2.24, 2.45) is 0 Å². The van der Waals surface area contributed by atoms with Crippen LogP contribution in [0.1, 0.15) is 6.92 Å². The maximum absolute atomic E-state index is 10.7. The van der Waals surface area contributed by atoms with Gasteiger partial charge in [-0.05, 0) is 28.1 Å². The quantitative estimate of drug-likeness (QED) is 0.400. The number of phenolic OH excluding ortho intramolecular Hbond substituents is 1. The van der Waals surface area contributed by atoms with E-state index in [1.54, 1.807) is 6.07 Å². The van der Waals surface area contributed by atoms with E-state index in [2.05, 4.69) is 21.2 Å². The summed E-state index contributed by atoms with van der Waals surface area (Å²) in [6, 6.07) is 3.06. The van der Waals surface area contributed by atoms with Crippen LogP contribution in [0.3, 0.4) is 0 Å². The van der Waals surface area contributed by atoms with Gasteiger partial charge >= 0.3 is 0 Å². The normalized spacial score (nSPS) is 9.69. The lowest BCUT2D eigenvalue weighted by atomic mass is 10.2. The van der Waals surface area contributed by atoms with Crippen LogP contribution < -0.4 is 11.1 Å². The third kappa shape index (κ3) is 2.35. The fraction of sp³-hybridized carbons (Fsp3) is 0.125. The second kappa shape index (κ2) is 3.66. The largest absolute Gasteiger partial charge is 0.505 e. The zero-order valence-electron chi connectivity index (χ0n) is 6.97. The average molecular weight is 245 g/mol. The lowest BCUT2D eigenvalue weighted by Gasteiger charge is -2.06. The van der Waals surface area contributed by atoms with Crippen LogP contribution in [0.4, 0.5) is 11.4 Å². The second-order valence-electron chi connectivity index (χ2n) is 2.58. The van der Waals surface area contributed by atoms with Crippen LogP contribution in [0.25, 0.3) is 0 Å². The fourth-order valence-corrected chi connectivity index (χ4v) is 1.37. The van der Waals surface area contributed by atoms with Crippen LogP contribution in [0.15, 0.2) is 16.6 Å². The first kappa shape index (κ1) is 9.85. The Morgan fingerprint density at radius 1 is 1.62 bits per heavy atom. The molecule has 0 bridgehead atoms. The number of nitrogens with one attached hydrogen (secondary N) is 1. The molecule has 4 N–H and O–H groups in total. The van der Waals surface area contributed by atoms with Crippen molar-refractivity contribution < 1.29 is 9.90 Å². The molecule has 0 atom stereocenters. The first-order chi connectivity index (χ1) is 6.00. The molecule has 0 unspecified atom stereocenters. The number of halogens is 1. The van der Waals surface area contributed by atoms with Crippen LogP contribution >= 0.6 is 15.9 Å². The summed E-state index contributed by atoms with van der Waals surface area (Å²) in [4.78, 5) is 10.7. The number of hydrogen-bond donors (Lipinski definition) is 3.